The van der Waals surface area contributed by atoms with E-state index in [-0.39, 0.29) is 0 Å². The summed E-state index contributed by atoms with van der Waals surface area (Å²) in [5, 5.41) is 0.363. The third kappa shape index (κ3) is 2.61. The van der Waals surface area contributed by atoms with Crippen molar-refractivity contribution in [1.82, 2.24) is 0 Å². The van der Waals surface area contributed by atoms with Crippen LogP contribution in [-0.4, -0.2) is 14.7 Å². The zero-order valence-corrected chi connectivity index (χ0v) is 10.3. The SMILES string of the molecule is O[PH](O)(O)c1ccccc1C1CCCCC1. The minimum atomic E-state index is -4.16. The molecule has 0 atom stereocenters. The number of hydrogen-bond donors (Lipinski definition) is 3. The van der Waals surface area contributed by atoms with E-state index in [1.165, 1.54) is 19.3 Å². The first-order chi connectivity index (χ1) is 7.59. The average Bonchev–Trinajstić information content (AvgIpc) is 2.29. The molecule has 3 nitrogen and oxygen atoms in total. The first-order valence-electron chi connectivity index (χ1n) is 5.85. The van der Waals surface area contributed by atoms with Crippen LogP contribution in [0.1, 0.15) is 43.6 Å². The van der Waals surface area contributed by atoms with Gasteiger partial charge in [-0.3, -0.25) is 0 Å². The molecule has 0 heterocycles. The molecular formula is C12H19O3P. The van der Waals surface area contributed by atoms with Gasteiger partial charge in [-0.15, -0.1) is 0 Å². The molecule has 2 rings (SSSR count). The number of rotatable bonds is 2. The van der Waals surface area contributed by atoms with E-state index in [9.17, 15) is 14.7 Å². The number of benzene rings is 1. The summed E-state index contributed by atoms with van der Waals surface area (Å²) in [6, 6.07) is 7.19. The quantitative estimate of drug-likeness (QED) is 0.693. The Morgan fingerprint density at radius 3 is 2.19 bits per heavy atom. The van der Waals surface area contributed by atoms with Crippen LogP contribution < -0.4 is 5.30 Å². The summed E-state index contributed by atoms with van der Waals surface area (Å²) >= 11 is 0. The van der Waals surface area contributed by atoms with Crippen molar-refractivity contribution >= 4 is 13.2 Å². The molecule has 1 aliphatic carbocycles. The van der Waals surface area contributed by atoms with E-state index in [0.29, 0.717) is 11.2 Å². The Hall–Kier alpha value is -0.470. The van der Waals surface area contributed by atoms with Gasteiger partial charge >= 0.3 is 95.8 Å². The van der Waals surface area contributed by atoms with Gasteiger partial charge in [0.2, 0.25) is 0 Å². The van der Waals surface area contributed by atoms with Crippen LogP contribution in [0, 0.1) is 0 Å². The van der Waals surface area contributed by atoms with E-state index < -0.39 is 7.94 Å². The van der Waals surface area contributed by atoms with Gasteiger partial charge in [-0.1, -0.05) is 0 Å². The predicted molar refractivity (Wildman–Crippen MR) is 66.9 cm³/mol. The second-order valence-electron chi connectivity index (χ2n) is 4.56. The molecule has 0 aliphatic heterocycles. The van der Waals surface area contributed by atoms with Crippen LogP contribution in [0.5, 0.6) is 0 Å². The summed E-state index contributed by atoms with van der Waals surface area (Å²) in [5.74, 6) is 0.378. The van der Waals surface area contributed by atoms with Crippen molar-refractivity contribution in [2.45, 2.75) is 38.0 Å². The molecule has 16 heavy (non-hydrogen) atoms. The first-order valence-corrected chi connectivity index (χ1v) is 7.69. The zero-order chi connectivity index (χ0) is 11.6. The molecule has 1 aromatic carbocycles. The standard InChI is InChI=1S/C12H19O3P/c13-16(14,15)12-9-5-4-8-11(12)10-6-2-1-3-7-10/h4-5,8-10,13-16H,1-3,6-7H2. The van der Waals surface area contributed by atoms with Crippen molar-refractivity contribution < 1.29 is 14.7 Å². The molecule has 90 valence electrons. The van der Waals surface area contributed by atoms with E-state index in [4.69, 9.17) is 0 Å². The third-order valence-corrected chi connectivity index (χ3v) is 4.55. The predicted octanol–water partition coefficient (Wildman–Crippen LogP) is 1.83. The normalized spacial score (nSPS) is 19.7. The number of hydrogen-bond acceptors (Lipinski definition) is 3. The van der Waals surface area contributed by atoms with Crippen LogP contribution in [0.15, 0.2) is 24.3 Å². The maximum atomic E-state index is 9.45. The van der Waals surface area contributed by atoms with Gasteiger partial charge in [0.1, 0.15) is 0 Å². The molecule has 1 aliphatic rings. The van der Waals surface area contributed by atoms with Crippen LogP contribution in [-0.2, 0) is 0 Å². The van der Waals surface area contributed by atoms with Gasteiger partial charge in [0.25, 0.3) is 0 Å². The van der Waals surface area contributed by atoms with E-state index >= 15 is 0 Å². The van der Waals surface area contributed by atoms with Crippen LogP contribution in [0.2, 0.25) is 0 Å². The first kappa shape index (κ1) is 12.0. The van der Waals surface area contributed by atoms with Gasteiger partial charge in [-0.05, 0) is 0 Å². The summed E-state index contributed by atoms with van der Waals surface area (Å²) < 4.78 is 0. The van der Waals surface area contributed by atoms with Crippen LogP contribution >= 0.6 is 7.94 Å². The van der Waals surface area contributed by atoms with Gasteiger partial charge in [0.05, 0.1) is 0 Å². The molecule has 0 amide bonds. The van der Waals surface area contributed by atoms with Gasteiger partial charge in [0, 0.05) is 0 Å². The molecule has 4 heteroatoms. The topological polar surface area (TPSA) is 60.7 Å². The molecular weight excluding hydrogens is 223 g/mol. The summed E-state index contributed by atoms with van der Waals surface area (Å²) in [6.07, 6.45) is 5.81. The van der Waals surface area contributed by atoms with Crippen molar-refractivity contribution in [2.24, 2.45) is 0 Å². The summed E-state index contributed by atoms with van der Waals surface area (Å²) in [4.78, 5) is 28.4. The Morgan fingerprint density at radius 1 is 0.938 bits per heavy atom. The van der Waals surface area contributed by atoms with Crippen LogP contribution in [0.3, 0.4) is 0 Å². The molecule has 1 saturated carbocycles. The maximum absolute atomic E-state index is 9.45. The van der Waals surface area contributed by atoms with Crippen molar-refractivity contribution in [1.29, 1.82) is 0 Å². The monoisotopic (exact) mass is 242 g/mol. The molecule has 0 spiro atoms. The van der Waals surface area contributed by atoms with Gasteiger partial charge in [-0.2, -0.15) is 0 Å². The van der Waals surface area contributed by atoms with Crippen LogP contribution in [0.4, 0.5) is 0 Å². The van der Waals surface area contributed by atoms with E-state index in [2.05, 4.69) is 0 Å². The zero-order valence-electron chi connectivity index (χ0n) is 9.26. The Labute approximate surface area is 96.3 Å². The fraction of sp³-hybridized carbons (Fsp3) is 0.500. The Bertz CT molecular complexity index is 354. The second-order valence-corrected chi connectivity index (χ2v) is 6.37. The summed E-state index contributed by atoms with van der Waals surface area (Å²) in [5.41, 5.74) is 0.932. The molecule has 1 aromatic rings. The molecule has 1 fully saturated rings. The Balaban J connectivity index is 2.32. The van der Waals surface area contributed by atoms with Crippen molar-refractivity contribution in [3.8, 4) is 0 Å². The molecule has 0 saturated heterocycles. The summed E-state index contributed by atoms with van der Waals surface area (Å²) in [7, 11) is -4.16. The molecule has 0 bridgehead atoms. The fourth-order valence-electron chi connectivity index (χ4n) is 2.57. The molecule has 0 aromatic heterocycles. The second kappa shape index (κ2) is 4.80. The van der Waals surface area contributed by atoms with E-state index in [1.807, 2.05) is 12.1 Å². The molecule has 3 N–H and O–H groups in total. The average molecular weight is 242 g/mol. The van der Waals surface area contributed by atoms with Crippen LogP contribution in [0.25, 0.3) is 0 Å². The summed E-state index contributed by atoms with van der Waals surface area (Å²) in [6.45, 7) is 0. The molecule has 0 radical (unpaired) electrons. The molecule has 0 unspecified atom stereocenters. The van der Waals surface area contributed by atoms with Gasteiger partial charge in [-0.25, -0.2) is 0 Å². The van der Waals surface area contributed by atoms with Crippen molar-refractivity contribution in [3.63, 3.8) is 0 Å². The van der Waals surface area contributed by atoms with E-state index in [0.717, 1.165) is 18.4 Å². The Morgan fingerprint density at radius 2 is 1.56 bits per heavy atom. The van der Waals surface area contributed by atoms with Gasteiger partial charge in [0.15, 0.2) is 0 Å². The van der Waals surface area contributed by atoms with Gasteiger partial charge < -0.3 is 0 Å². The fourth-order valence-corrected chi connectivity index (χ4v) is 3.57. The third-order valence-electron chi connectivity index (χ3n) is 3.37. The van der Waals surface area contributed by atoms with Crippen molar-refractivity contribution in [2.75, 3.05) is 0 Å². The Kier molecular flexibility index (Phi) is 3.60. The van der Waals surface area contributed by atoms with Crippen molar-refractivity contribution in [3.05, 3.63) is 29.8 Å². The minimum absolute atomic E-state index is 0.363. The van der Waals surface area contributed by atoms with E-state index in [1.54, 1.807) is 12.1 Å².